The van der Waals surface area contributed by atoms with Gasteiger partial charge in [-0.3, -0.25) is 4.79 Å². The SMILES string of the molecule is N#C/C(=C/c1cc(Br)c(OCc2ccc(Br)cc2)c(Br)c1)C(=O)NC1CCCC1. The number of amides is 1. The number of hydrogen-bond donors (Lipinski definition) is 1. The van der Waals surface area contributed by atoms with Crippen LogP contribution < -0.4 is 10.1 Å². The van der Waals surface area contributed by atoms with Gasteiger partial charge in [0, 0.05) is 10.5 Å². The van der Waals surface area contributed by atoms with E-state index in [1.54, 1.807) is 6.08 Å². The Morgan fingerprint density at radius 1 is 1.14 bits per heavy atom. The number of nitrogens with zero attached hydrogens (tertiary/aromatic N) is 1. The first-order valence-corrected chi connectivity index (χ1v) is 11.6. The number of nitrogens with one attached hydrogen (secondary N) is 1. The van der Waals surface area contributed by atoms with Crippen LogP contribution in [0.25, 0.3) is 6.08 Å². The molecule has 1 fully saturated rings. The highest BCUT2D eigenvalue weighted by Crippen LogP contribution is 2.36. The van der Waals surface area contributed by atoms with Gasteiger partial charge in [-0.2, -0.15) is 5.26 Å². The number of benzene rings is 2. The van der Waals surface area contributed by atoms with Gasteiger partial charge < -0.3 is 10.1 Å². The van der Waals surface area contributed by atoms with Crippen molar-refractivity contribution in [2.24, 2.45) is 0 Å². The lowest BCUT2D eigenvalue weighted by Crippen LogP contribution is -2.33. The van der Waals surface area contributed by atoms with Crippen molar-refractivity contribution in [3.63, 3.8) is 0 Å². The first kappa shape index (κ1) is 22.1. The van der Waals surface area contributed by atoms with Crippen LogP contribution in [0.15, 0.2) is 55.4 Å². The molecule has 1 saturated carbocycles. The van der Waals surface area contributed by atoms with Crippen LogP contribution in [-0.2, 0) is 11.4 Å². The van der Waals surface area contributed by atoms with Crippen molar-refractivity contribution in [2.75, 3.05) is 0 Å². The Hall–Kier alpha value is -1.62. The summed E-state index contributed by atoms with van der Waals surface area (Å²) in [6.07, 6.45) is 5.80. The molecule has 4 nitrogen and oxygen atoms in total. The largest absolute Gasteiger partial charge is 0.487 e. The third kappa shape index (κ3) is 6.18. The van der Waals surface area contributed by atoms with Gasteiger partial charge in [-0.25, -0.2) is 0 Å². The molecule has 1 amide bonds. The molecule has 150 valence electrons. The third-order valence-corrected chi connectivity index (χ3v) is 6.39. The topological polar surface area (TPSA) is 62.1 Å². The smallest absolute Gasteiger partial charge is 0.262 e. The summed E-state index contributed by atoms with van der Waals surface area (Å²) in [6.45, 7) is 0.424. The standard InChI is InChI=1S/C22H19Br3N2O2/c23-17-7-5-14(6-8-17)13-29-21-19(24)10-15(11-20(21)25)9-16(12-26)22(28)27-18-3-1-2-4-18/h5-11,18H,1-4,13H2,(H,27,28)/b16-9-. The lowest BCUT2D eigenvalue weighted by atomic mass is 10.1. The molecule has 0 unspecified atom stereocenters. The van der Waals surface area contributed by atoms with E-state index < -0.39 is 0 Å². The van der Waals surface area contributed by atoms with Crippen LogP contribution in [0.5, 0.6) is 5.75 Å². The Labute approximate surface area is 195 Å². The zero-order valence-electron chi connectivity index (χ0n) is 15.6. The number of nitriles is 1. The zero-order valence-corrected chi connectivity index (χ0v) is 20.3. The second-order valence-electron chi connectivity index (χ2n) is 6.85. The monoisotopic (exact) mass is 580 g/mol. The van der Waals surface area contributed by atoms with Crippen LogP contribution in [0.2, 0.25) is 0 Å². The van der Waals surface area contributed by atoms with E-state index in [4.69, 9.17) is 4.74 Å². The van der Waals surface area contributed by atoms with E-state index in [1.165, 1.54) is 0 Å². The van der Waals surface area contributed by atoms with Gasteiger partial charge in [0.05, 0.1) is 8.95 Å². The van der Waals surface area contributed by atoms with Gasteiger partial charge in [-0.15, -0.1) is 0 Å². The van der Waals surface area contributed by atoms with E-state index in [2.05, 4.69) is 53.1 Å². The van der Waals surface area contributed by atoms with Gasteiger partial charge >= 0.3 is 0 Å². The molecular weight excluding hydrogens is 564 g/mol. The van der Waals surface area contributed by atoms with E-state index in [0.29, 0.717) is 12.4 Å². The lowest BCUT2D eigenvalue weighted by molar-refractivity contribution is -0.117. The summed E-state index contributed by atoms with van der Waals surface area (Å²) < 4.78 is 8.44. The Balaban J connectivity index is 1.73. The maximum Gasteiger partial charge on any atom is 0.262 e. The molecular formula is C22H19Br3N2O2. The second-order valence-corrected chi connectivity index (χ2v) is 9.48. The van der Waals surface area contributed by atoms with Crippen molar-refractivity contribution in [2.45, 2.75) is 38.3 Å². The summed E-state index contributed by atoms with van der Waals surface area (Å²) in [7, 11) is 0. The highest BCUT2D eigenvalue weighted by Gasteiger charge is 2.19. The number of halogens is 3. The van der Waals surface area contributed by atoms with Gasteiger partial charge in [0.15, 0.2) is 0 Å². The summed E-state index contributed by atoms with van der Waals surface area (Å²) in [4.78, 5) is 12.4. The van der Waals surface area contributed by atoms with Crippen molar-refractivity contribution < 1.29 is 9.53 Å². The predicted octanol–water partition coefficient (Wildman–Crippen LogP) is 6.52. The van der Waals surface area contributed by atoms with Gasteiger partial charge in [0.25, 0.3) is 5.91 Å². The molecule has 0 atom stereocenters. The normalized spacial score (nSPS) is 14.5. The molecule has 29 heavy (non-hydrogen) atoms. The number of hydrogen-bond acceptors (Lipinski definition) is 3. The summed E-state index contributed by atoms with van der Waals surface area (Å²) in [6, 6.07) is 13.8. The quantitative estimate of drug-likeness (QED) is 0.312. The Bertz CT molecular complexity index is 936. The molecule has 0 aliphatic heterocycles. The second kappa shape index (κ2) is 10.4. The molecule has 0 heterocycles. The molecule has 1 aliphatic carbocycles. The predicted molar refractivity (Wildman–Crippen MR) is 124 cm³/mol. The third-order valence-electron chi connectivity index (χ3n) is 4.68. The highest BCUT2D eigenvalue weighted by atomic mass is 79.9. The van der Waals surface area contributed by atoms with Crippen molar-refractivity contribution in [3.05, 3.63) is 66.5 Å². The fraction of sp³-hybridized carbons (Fsp3) is 0.273. The minimum Gasteiger partial charge on any atom is -0.487 e. The van der Waals surface area contributed by atoms with Crippen LogP contribution in [0, 0.1) is 11.3 Å². The average molecular weight is 583 g/mol. The minimum absolute atomic E-state index is 0.0965. The molecule has 3 rings (SSSR count). The molecule has 2 aromatic carbocycles. The van der Waals surface area contributed by atoms with Crippen LogP contribution in [0.3, 0.4) is 0 Å². The van der Waals surface area contributed by atoms with Crippen molar-refractivity contribution in [1.82, 2.24) is 5.32 Å². The van der Waals surface area contributed by atoms with Crippen molar-refractivity contribution >= 4 is 59.8 Å². The number of ether oxygens (including phenoxy) is 1. The molecule has 1 aliphatic rings. The number of carbonyl (C=O) groups excluding carboxylic acids is 1. The Kier molecular flexibility index (Phi) is 7.93. The maximum atomic E-state index is 12.4. The number of carbonyl (C=O) groups is 1. The van der Waals surface area contributed by atoms with Gasteiger partial charge in [0.1, 0.15) is 24.0 Å². The molecule has 7 heteroatoms. The summed E-state index contributed by atoms with van der Waals surface area (Å²) in [5.74, 6) is 0.348. The Morgan fingerprint density at radius 2 is 1.76 bits per heavy atom. The molecule has 0 spiro atoms. The van der Waals surface area contributed by atoms with Crippen LogP contribution in [-0.4, -0.2) is 11.9 Å². The van der Waals surface area contributed by atoms with Gasteiger partial charge in [0.2, 0.25) is 0 Å². The van der Waals surface area contributed by atoms with E-state index in [9.17, 15) is 10.1 Å². The van der Waals surface area contributed by atoms with Crippen LogP contribution in [0.4, 0.5) is 0 Å². The van der Waals surface area contributed by atoms with E-state index in [0.717, 1.165) is 50.2 Å². The highest BCUT2D eigenvalue weighted by molar-refractivity contribution is 9.11. The fourth-order valence-electron chi connectivity index (χ4n) is 3.19. The van der Waals surface area contributed by atoms with Gasteiger partial charge in [-0.05, 0) is 86.2 Å². The molecule has 1 N–H and O–H groups in total. The molecule has 2 aromatic rings. The van der Waals surface area contributed by atoms with E-state index in [1.807, 2.05) is 42.5 Å². The van der Waals surface area contributed by atoms with Crippen LogP contribution in [0.1, 0.15) is 36.8 Å². The summed E-state index contributed by atoms with van der Waals surface area (Å²) in [5, 5.41) is 12.4. The fourth-order valence-corrected chi connectivity index (χ4v) is 4.90. The molecule has 0 saturated heterocycles. The van der Waals surface area contributed by atoms with E-state index >= 15 is 0 Å². The maximum absolute atomic E-state index is 12.4. The summed E-state index contributed by atoms with van der Waals surface area (Å²) in [5.41, 5.74) is 1.88. The van der Waals surface area contributed by atoms with Gasteiger partial charge in [-0.1, -0.05) is 40.9 Å². The lowest BCUT2D eigenvalue weighted by Gasteiger charge is -2.13. The zero-order chi connectivity index (χ0) is 20.8. The molecule has 0 bridgehead atoms. The average Bonchev–Trinajstić information content (AvgIpc) is 3.19. The summed E-state index contributed by atoms with van der Waals surface area (Å²) >= 11 is 10.5. The first-order chi connectivity index (χ1) is 14.0. The molecule has 0 radical (unpaired) electrons. The van der Waals surface area contributed by atoms with Crippen molar-refractivity contribution in [1.29, 1.82) is 5.26 Å². The van der Waals surface area contributed by atoms with Crippen molar-refractivity contribution in [3.8, 4) is 11.8 Å². The van der Waals surface area contributed by atoms with E-state index in [-0.39, 0.29) is 17.5 Å². The first-order valence-electron chi connectivity index (χ1n) is 9.25. The Morgan fingerprint density at radius 3 is 2.34 bits per heavy atom. The van der Waals surface area contributed by atoms with Crippen LogP contribution >= 0.6 is 47.8 Å². The minimum atomic E-state index is -0.317. The molecule has 0 aromatic heterocycles. The number of rotatable bonds is 6.